The largest absolute Gasteiger partial charge is 0.481 e. The van der Waals surface area contributed by atoms with Gasteiger partial charge in [-0.2, -0.15) is 13.2 Å². The van der Waals surface area contributed by atoms with Gasteiger partial charge in [-0.1, -0.05) is 30.3 Å². The molecule has 174 valence electrons. The Morgan fingerprint density at radius 2 is 1.70 bits per heavy atom. The Balaban J connectivity index is 1.75. The van der Waals surface area contributed by atoms with Gasteiger partial charge in [0, 0.05) is 12.1 Å². The van der Waals surface area contributed by atoms with Gasteiger partial charge in [0.2, 0.25) is 0 Å². The summed E-state index contributed by atoms with van der Waals surface area (Å²) in [6.45, 7) is 0.115. The molecule has 0 saturated heterocycles. The van der Waals surface area contributed by atoms with Gasteiger partial charge in [-0.15, -0.1) is 0 Å². The first kappa shape index (κ1) is 24.2. The van der Waals surface area contributed by atoms with Crippen molar-refractivity contribution < 1.29 is 36.3 Å². The minimum Gasteiger partial charge on any atom is -0.481 e. The molecule has 3 aromatic rings. The van der Waals surface area contributed by atoms with Crippen molar-refractivity contribution in [3.05, 3.63) is 77.4 Å². The number of carbonyl (C=O) groups is 2. The summed E-state index contributed by atoms with van der Waals surface area (Å²) in [6, 6.07) is 13.9. The van der Waals surface area contributed by atoms with E-state index in [1.54, 1.807) is 24.3 Å². The van der Waals surface area contributed by atoms with Gasteiger partial charge in [0.05, 0.1) is 22.6 Å². The molecule has 0 spiro atoms. The van der Waals surface area contributed by atoms with Crippen molar-refractivity contribution in [2.75, 3.05) is 12.3 Å². The second-order valence-corrected chi connectivity index (χ2v) is 9.46. The maximum absolute atomic E-state index is 12.9. The van der Waals surface area contributed by atoms with Crippen LogP contribution < -0.4 is 5.32 Å². The molecule has 2 N–H and O–H groups in total. The maximum Gasteiger partial charge on any atom is 0.416 e. The average molecular weight is 479 g/mol. The standard InChI is InChI=1S/C23H20F3NO5S/c24-23(25,26)18-6-2-5-17(13-18)22(30)27-11-9-16-4-1-3-15-7-8-19(14-20(15)16)33(31,32)12-10-21(28)29/h1-8,13-14H,9-12H2,(H,27,30)(H,28,29). The summed E-state index contributed by atoms with van der Waals surface area (Å²) in [5.41, 5.74) is -0.303. The van der Waals surface area contributed by atoms with E-state index < -0.39 is 45.6 Å². The van der Waals surface area contributed by atoms with Gasteiger partial charge < -0.3 is 10.4 Å². The Labute approximate surface area is 188 Å². The molecule has 0 aliphatic carbocycles. The van der Waals surface area contributed by atoms with Gasteiger partial charge in [0.1, 0.15) is 0 Å². The Morgan fingerprint density at radius 1 is 0.970 bits per heavy atom. The number of carbonyl (C=O) groups excluding carboxylic acids is 1. The van der Waals surface area contributed by atoms with Gasteiger partial charge >= 0.3 is 12.1 Å². The molecule has 33 heavy (non-hydrogen) atoms. The van der Waals surface area contributed by atoms with E-state index in [2.05, 4.69) is 5.32 Å². The monoisotopic (exact) mass is 479 g/mol. The van der Waals surface area contributed by atoms with Crippen molar-refractivity contribution in [1.82, 2.24) is 5.32 Å². The van der Waals surface area contributed by atoms with Crippen LogP contribution in [0.25, 0.3) is 10.8 Å². The average Bonchev–Trinajstić information content (AvgIpc) is 2.77. The van der Waals surface area contributed by atoms with E-state index in [1.165, 1.54) is 18.2 Å². The lowest BCUT2D eigenvalue weighted by Crippen LogP contribution is -2.26. The zero-order chi connectivity index (χ0) is 24.2. The second-order valence-electron chi connectivity index (χ2n) is 7.35. The quantitative estimate of drug-likeness (QED) is 0.507. The number of aliphatic carboxylic acids is 1. The van der Waals surface area contributed by atoms with Crippen LogP contribution in [0.4, 0.5) is 13.2 Å². The first-order valence-electron chi connectivity index (χ1n) is 9.89. The Kier molecular flexibility index (Phi) is 7.06. The first-order chi connectivity index (χ1) is 15.5. The van der Waals surface area contributed by atoms with E-state index in [4.69, 9.17) is 5.11 Å². The zero-order valence-electron chi connectivity index (χ0n) is 17.2. The maximum atomic E-state index is 12.9. The van der Waals surface area contributed by atoms with Crippen LogP contribution in [0.1, 0.15) is 27.9 Å². The summed E-state index contributed by atoms with van der Waals surface area (Å²) in [5.74, 6) is -2.39. The molecule has 0 aliphatic rings. The lowest BCUT2D eigenvalue weighted by molar-refractivity contribution is -0.138. The number of benzene rings is 3. The van der Waals surface area contributed by atoms with Crippen LogP contribution >= 0.6 is 0 Å². The molecule has 0 fully saturated rings. The number of carboxylic acid groups (broad SMARTS) is 1. The van der Waals surface area contributed by atoms with Crippen LogP contribution in [-0.2, 0) is 27.2 Å². The Bertz CT molecular complexity index is 1300. The van der Waals surface area contributed by atoms with E-state index in [1.807, 2.05) is 0 Å². The summed E-state index contributed by atoms with van der Waals surface area (Å²) >= 11 is 0. The Morgan fingerprint density at radius 3 is 2.39 bits per heavy atom. The summed E-state index contributed by atoms with van der Waals surface area (Å²) in [6.07, 6.45) is -4.76. The van der Waals surface area contributed by atoms with Crippen LogP contribution in [-0.4, -0.2) is 37.7 Å². The molecule has 3 aromatic carbocycles. The highest BCUT2D eigenvalue weighted by Gasteiger charge is 2.30. The van der Waals surface area contributed by atoms with E-state index in [-0.39, 0.29) is 17.0 Å². The van der Waals surface area contributed by atoms with Gasteiger partial charge in [-0.3, -0.25) is 9.59 Å². The molecule has 3 rings (SSSR count). The number of fused-ring (bicyclic) bond motifs is 1. The van der Waals surface area contributed by atoms with Gasteiger partial charge in [0.15, 0.2) is 9.84 Å². The molecule has 0 heterocycles. The van der Waals surface area contributed by atoms with Crippen LogP contribution in [0, 0.1) is 0 Å². The number of rotatable bonds is 8. The van der Waals surface area contributed by atoms with Gasteiger partial charge in [-0.05, 0) is 53.1 Å². The van der Waals surface area contributed by atoms with Gasteiger partial charge in [0.25, 0.3) is 5.91 Å². The normalized spacial score (nSPS) is 12.0. The van der Waals surface area contributed by atoms with Crippen molar-refractivity contribution in [2.45, 2.75) is 23.9 Å². The molecule has 0 aliphatic heterocycles. The number of hydrogen-bond donors (Lipinski definition) is 2. The van der Waals surface area contributed by atoms with E-state index in [9.17, 15) is 31.2 Å². The smallest absolute Gasteiger partial charge is 0.416 e. The molecule has 6 nitrogen and oxygen atoms in total. The van der Waals surface area contributed by atoms with Crippen LogP contribution in [0.15, 0.2) is 65.6 Å². The van der Waals surface area contributed by atoms with Crippen molar-refractivity contribution in [3.63, 3.8) is 0 Å². The highest BCUT2D eigenvalue weighted by atomic mass is 32.2. The number of nitrogens with one attached hydrogen (secondary N) is 1. The number of halogens is 3. The lowest BCUT2D eigenvalue weighted by atomic mass is 10.0. The lowest BCUT2D eigenvalue weighted by Gasteiger charge is -2.11. The molecule has 0 unspecified atom stereocenters. The summed E-state index contributed by atoms with van der Waals surface area (Å²) in [5, 5.41) is 12.7. The first-order valence-corrected chi connectivity index (χ1v) is 11.5. The zero-order valence-corrected chi connectivity index (χ0v) is 18.0. The summed E-state index contributed by atoms with van der Waals surface area (Å²) in [7, 11) is -3.79. The predicted octanol–water partition coefficient (Wildman–Crippen LogP) is 4.08. The Hall–Kier alpha value is -3.40. The number of hydrogen-bond acceptors (Lipinski definition) is 4. The van der Waals surface area contributed by atoms with Gasteiger partial charge in [-0.25, -0.2) is 8.42 Å². The number of sulfone groups is 1. The molecule has 1 amide bonds. The fraction of sp³-hybridized carbons (Fsp3) is 0.217. The molecule has 10 heteroatoms. The third-order valence-corrected chi connectivity index (χ3v) is 6.73. The van der Waals surface area contributed by atoms with Crippen LogP contribution in [0.5, 0.6) is 0 Å². The molecule has 0 radical (unpaired) electrons. The fourth-order valence-corrected chi connectivity index (χ4v) is 4.57. The highest BCUT2D eigenvalue weighted by molar-refractivity contribution is 7.91. The van der Waals surface area contributed by atoms with Crippen molar-refractivity contribution in [3.8, 4) is 0 Å². The molecule has 0 bridgehead atoms. The molecular weight excluding hydrogens is 459 g/mol. The van der Waals surface area contributed by atoms with E-state index in [0.717, 1.165) is 29.1 Å². The van der Waals surface area contributed by atoms with Crippen LogP contribution in [0.2, 0.25) is 0 Å². The highest BCUT2D eigenvalue weighted by Crippen LogP contribution is 2.29. The van der Waals surface area contributed by atoms with E-state index in [0.29, 0.717) is 11.8 Å². The SMILES string of the molecule is O=C(O)CCS(=O)(=O)c1ccc2cccc(CCNC(=O)c3cccc(C(F)(F)F)c3)c2c1. The third kappa shape index (κ3) is 6.10. The number of alkyl halides is 3. The minimum atomic E-state index is -4.55. The molecule has 0 atom stereocenters. The van der Waals surface area contributed by atoms with E-state index >= 15 is 0 Å². The third-order valence-electron chi connectivity index (χ3n) is 5.02. The molecule has 0 saturated carbocycles. The van der Waals surface area contributed by atoms with Crippen molar-refractivity contribution >= 4 is 32.5 Å². The molecular formula is C23H20F3NO5S. The number of amides is 1. The number of carboxylic acids is 1. The molecule has 0 aromatic heterocycles. The second kappa shape index (κ2) is 9.62. The predicted molar refractivity (Wildman–Crippen MR) is 116 cm³/mol. The summed E-state index contributed by atoms with van der Waals surface area (Å²) in [4.78, 5) is 23.0. The van der Waals surface area contributed by atoms with Crippen molar-refractivity contribution in [2.24, 2.45) is 0 Å². The summed E-state index contributed by atoms with van der Waals surface area (Å²) < 4.78 is 63.5. The topological polar surface area (TPSA) is 101 Å². The fourth-order valence-electron chi connectivity index (χ4n) is 3.32. The van der Waals surface area contributed by atoms with Crippen LogP contribution in [0.3, 0.4) is 0 Å². The van der Waals surface area contributed by atoms with Crippen molar-refractivity contribution in [1.29, 1.82) is 0 Å². The minimum absolute atomic E-state index is 0.00305.